The summed E-state index contributed by atoms with van der Waals surface area (Å²) in [6.07, 6.45) is 7.00. The highest BCUT2D eigenvalue weighted by Crippen LogP contribution is 2.40. The number of allylic oxidation sites excluding steroid dienone is 3. The van der Waals surface area contributed by atoms with Gasteiger partial charge in [-0.2, -0.15) is 0 Å². The van der Waals surface area contributed by atoms with Crippen molar-refractivity contribution in [1.82, 2.24) is 0 Å². The molecule has 0 radical (unpaired) electrons. The number of fused-ring (bicyclic) bond motifs is 2. The molecule has 2 unspecified atom stereocenters. The number of carbonyl (C=O) groups is 1. The molecule has 3 rings (SSSR count). The molecule has 2 nitrogen and oxygen atoms in total. The van der Waals surface area contributed by atoms with E-state index in [1.54, 1.807) is 6.07 Å². The van der Waals surface area contributed by atoms with Crippen LogP contribution >= 0.6 is 0 Å². The first-order chi connectivity index (χ1) is 7.79. The monoisotopic (exact) mass is 212 g/mol. The number of benzene rings is 1. The highest BCUT2D eigenvalue weighted by Gasteiger charge is 2.38. The van der Waals surface area contributed by atoms with Crippen LogP contribution in [0.15, 0.2) is 48.6 Å². The molecule has 0 bridgehead atoms. The van der Waals surface area contributed by atoms with Crippen molar-refractivity contribution in [2.45, 2.75) is 6.10 Å². The Kier molecular flexibility index (Phi) is 2.04. The normalized spacial score (nSPS) is 31.1. The van der Waals surface area contributed by atoms with Gasteiger partial charge in [-0.3, -0.25) is 4.79 Å². The summed E-state index contributed by atoms with van der Waals surface area (Å²) in [5.41, 5.74) is 1.42. The molecule has 2 aliphatic carbocycles. The highest BCUT2D eigenvalue weighted by atomic mass is 16.3. The third kappa shape index (κ3) is 1.20. The highest BCUT2D eigenvalue weighted by molar-refractivity contribution is 6.02. The SMILES string of the molecule is O=C1c2ccccc2C(O)C2C=CC=C[C@H]12. The van der Waals surface area contributed by atoms with Gasteiger partial charge in [0.25, 0.3) is 0 Å². The molecule has 1 aromatic rings. The molecule has 0 amide bonds. The standard InChI is InChI=1S/C14H12O2/c15-13-9-5-1-2-6-10(9)14(16)12-8-4-3-7-11(12)13/h1-10,13,15H/t9?,10-,13?/m0/s1. The third-order valence-corrected chi connectivity index (χ3v) is 3.39. The van der Waals surface area contributed by atoms with Gasteiger partial charge < -0.3 is 5.11 Å². The summed E-state index contributed by atoms with van der Waals surface area (Å²) in [7, 11) is 0. The van der Waals surface area contributed by atoms with Crippen LogP contribution in [-0.4, -0.2) is 10.9 Å². The van der Waals surface area contributed by atoms with Crippen molar-refractivity contribution in [2.75, 3.05) is 0 Å². The maximum absolute atomic E-state index is 12.2. The van der Waals surface area contributed by atoms with Gasteiger partial charge in [-0.15, -0.1) is 0 Å². The van der Waals surface area contributed by atoms with Crippen molar-refractivity contribution in [2.24, 2.45) is 11.8 Å². The summed E-state index contributed by atoms with van der Waals surface area (Å²) >= 11 is 0. The Balaban J connectivity index is 2.17. The largest absolute Gasteiger partial charge is 0.388 e. The molecular formula is C14H12O2. The van der Waals surface area contributed by atoms with Crippen molar-refractivity contribution in [3.8, 4) is 0 Å². The van der Waals surface area contributed by atoms with E-state index in [1.807, 2.05) is 42.5 Å². The van der Waals surface area contributed by atoms with E-state index in [4.69, 9.17) is 0 Å². The molecule has 0 spiro atoms. The molecule has 0 fully saturated rings. The summed E-state index contributed by atoms with van der Waals surface area (Å²) in [4.78, 5) is 12.2. The van der Waals surface area contributed by atoms with Crippen LogP contribution in [0.25, 0.3) is 0 Å². The van der Waals surface area contributed by atoms with E-state index in [9.17, 15) is 9.90 Å². The van der Waals surface area contributed by atoms with Gasteiger partial charge in [0.05, 0.1) is 6.10 Å². The van der Waals surface area contributed by atoms with Gasteiger partial charge in [-0.05, 0) is 5.56 Å². The van der Waals surface area contributed by atoms with E-state index >= 15 is 0 Å². The zero-order chi connectivity index (χ0) is 11.1. The van der Waals surface area contributed by atoms with Gasteiger partial charge in [0, 0.05) is 17.4 Å². The smallest absolute Gasteiger partial charge is 0.170 e. The average Bonchev–Trinajstić information content (AvgIpc) is 2.36. The second kappa shape index (κ2) is 3.42. The second-order valence-electron chi connectivity index (χ2n) is 4.27. The molecule has 0 saturated carbocycles. The van der Waals surface area contributed by atoms with Crippen LogP contribution in [0, 0.1) is 11.8 Å². The minimum Gasteiger partial charge on any atom is -0.388 e. The molecule has 2 heteroatoms. The Bertz CT molecular complexity index is 499. The van der Waals surface area contributed by atoms with Gasteiger partial charge in [0.15, 0.2) is 5.78 Å². The van der Waals surface area contributed by atoms with Crippen molar-refractivity contribution < 1.29 is 9.90 Å². The maximum Gasteiger partial charge on any atom is 0.170 e. The number of aliphatic hydroxyl groups excluding tert-OH is 1. The lowest BCUT2D eigenvalue weighted by atomic mass is 9.71. The van der Waals surface area contributed by atoms with Crippen molar-refractivity contribution in [3.63, 3.8) is 0 Å². The Morgan fingerprint density at radius 3 is 2.69 bits per heavy atom. The Morgan fingerprint density at radius 1 is 1.06 bits per heavy atom. The Morgan fingerprint density at radius 2 is 1.81 bits per heavy atom. The molecule has 0 heterocycles. The average molecular weight is 212 g/mol. The molecule has 2 aliphatic rings. The number of Topliss-reactive ketones (excluding diaryl/α,β-unsaturated/α-hetero) is 1. The fourth-order valence-corrected chi connectivity index (χ4v) is 2.55. The zero-order valence-corrected chi connectivity index (χ0v) is 8.71. The van der Waals surface area contributed by atoms with Crippen LogP contribution in [0.1, 0.15) is 22.0 Å². The minimum absolute atomic E-state index is 0.104. The van der Waals surface area contributed by atoms with Crippen molar-refractivity contribution in [1.29, 1.82) is 0 Å². The Hall–Kier alpha value is -1.67. The molecular weight excluding hydrogens is 200 g/mol. The number of aliphatic hydroxyl groups is 1. The van der Waals surface area contributed by atoms with E-state index in [0.29, 0.717) is 5.56 Å². The summed E-state index contributed by atoms with van der Waals surface area (Å²) in [5.74, 6) is -0.186. The first kappa shape index (κ1) is 9.55. The first-order valence-corrected chi connectivity index (χ1v) is 5.45. The lowest BCUT2D eigenvalue weighted by Crippen LogP contribution is -2.33. The molecule has 0 saturated heterocycles. The van der Waals surface area contributed by atoms with Gasteiger partial charge in [0.1, 0.15) is 0 Å². The zero-order valence-electron chi connectivity index (χ0n) is 8.71. The first-order valence-electron chi connectivity index (χ1n) is 5.45. The third-order valence-electron chi connectivity index (χ3n) is 3.39. The van der Waals surface area contributed by atoms with Crippen LogP contribution in [0.5, 0.6) is 0 Å². The lowest BCUT2D eigenvalue weighted by molar-refractivity contribution is 0.0686. The number of hydrogen-bond donors (Lipinski definition) is 1. The maximum atomic E-state index is 12.2. The predicted molar refractivity (Wildman–Crippen MR) is 61.0 cm³/mol. The molecule has 1 aromatic carbocycles. The molecule has 3 atom stereocenters. The quantitative estimate of drug-likeness (QED) is 0.716. The van der Waals surface area contributed by atoms with Crippen LogP contribution < -0.4 is 0 Å². The van der Waals surface area contributed by atoms with E-state index in [-0.39, 0.29) is 17.6 Å². The summed E-state index contributed by atoms with van der Waals surface area (Å²) in [5, 5.41) is 10.2. The van der Waals surface area contributed by atoms with E-state index in [1.165, 1.54) is 0 Å². The van der Waals surface area contributed by atoms with Crippen LogP contribution in [0.3, 0.4) is 0 Å². The summed E-state index contributed by atoms with van der Waals surface area (Å²) in [6, 6.07) is 7.33. The summed E-state index contributed by atoms with van der Waals surface area (Å²) in [6.45, 7) is 0. The molecule has 80 valence electrons. The fourth-order valence-electron chi connectivity index (χ4n) is 2.55. The van der Waals surface area contributed by atoms with Crippen LogP contribution in [0.4, 0.5) is 0 Å². The fraction of sp³-hybridized carbons (Fsp3) is 0.214. The number of carbonyl (C=O) groups excluding carboxylic acids is 1. The van der Waals surface area contributed by atoms with Crippen molar-refractivity contribution in [3.05, 3.63) is 59.7 Å². The van der Waals surface area contributed by atoms with Gasteiger partial charge in [0.2, 0.25) is 0 Å². The topological polar surface area (TPSA) is 37.3 Å². The predicted octanol–water partition coefficient (Wildman–Crippen LogP) is 2.27. The molecule has 0 aromatic heterocycles. The summed E-state index contributed by atoms with van der Waals surface area (Å²) < 4.78 is 0. The van der Waals surface area contributed by atoms with Crippen LogP contribution in [0.2, 0.25) is 0 Å². The van der Waals surface area contributed by atoms with E-state index < -0.39 is 6.10 Å². The molecule has 0 aliphatic heterocycles. The number of hydrogen-bond acceptors (Lipinski definition) is 2. The van der Waals surface area contributed by atoms with E-state index in [0.717, 1.165) is 5.56 Å². The minimum atomic E-state index is -0.569. The number of ketones is 1. The van der Waals surface area contributed by atoms with Gasteiger partial charge >= 0.3 is 0 Å². The van der Waals surface area contributed by atoms with E-state index in [2.05, 4.69) is 0 Å². The molecule has 1 N–H and O–H groups in total. The van der Waals surface area contributed by atoms with Crippen LogP contribution in [-0.2, 0) is 0 Å². The lowest BCUT2D eigenvalue weighted by Gasteiger charge is -2.33. The van der Waals surface area contributed by atoms with Gasteiger partial charge in [-0.25, -0.2) is 0 Å². The Labute approximate surface area is 93.9 Å². The van der Waals surface area contributed by atoms with Gasteiger partial charge in [-0.1, -0.05) is 48.6 Å². The number of rotatable bonds is 0. The molecule has 16 heavy (non-hydrogen) atoms. The van der Waals surface area contributed by atoms with Crippen molar-refractivity contribution >= 4 is 5.78 Å². The second-order valence-corrected chi connectivity index (χ2v) is 4.27.